The van der Waals surface area contributed by atoms with Crippen molar-refractivity contribution in [3.8, 4) is 11.3 Å². The maximum absolute atomic E-state index is 15.3. The molecule has 0 N–H and O–H groups in total. The Kier molecular flexibility index (Phi) is 4.77. The third-order valence-electron chi connectivity index (χ3n) is 5.61. The maximum atomic E-state index is 15.3. The van der Waals surface area contributed by atoms with Gasteiger partial charge in [0.25, 0.3) is 0 Å². The van der Waals surface area contributed by atoms with Gasteiger partial charge in [0.05, 0.1) is 29.8 Å². The summed E-state index contributed by atoms with van der Waals surface area (Å²) in [6, 6.07) is 11.7. The van der Waals surface area contributed by atoms with Crippen molar-refractivity contribution in [1.82, 2.24) is 24.5 Å². The third kappa shape index (κ3) is 3.24. The predicted octanol–water partition coefficient (Wildman–Crippen LogP) is 5.00. The quantitative estimate of drug-likeness (QED) is 0.402. The second-order valence-corrected chi connectivity index (χ2v) is 7.83. The average Bonchev–Trinajstić information content (AvgIpc) is 3.22. The normalized spacial score (nSPS) is 12.4. The molecule has 0 amide bonds. The van der Waals surface area contributed by atoms with Crippen LogP contribution in [0.4, 0.5) is 14.5 Å². The van der Waals surface area contributed by atoms with Crippen LogP contribution in [0, 0.1) is 11.6 Å². The first-order valence-electron chi connectivity index (χ1n) is 10.1. The molecule has 1 unspecified atom stereocenters. The zero-order valence-corrected chi connectivity index (χ0v) is 17.8. The lowest BCUT2D eigenvalue weighted by molar-refractivity contribution is 0.517. The molecule has 160 valence electrons. The van der Waals surface area contributed by atoms with Crippen molar-refractivity contribution in [3.05, 3.63) is 78.4 Å². The third-order valence-corrected chi connectivity index (χ3v) is 5.61. The molecule has 0 aliphatic rings. The lowest BCUT2D eigenvalue weighted by Crippen LogP contribution is -2.11. The molecule has 5 rings (SSSR count). The maximum Gasteiger partial charge on any atom is 0.197 e. The number of fused-ring (bicyclic) bond motifs is 2. The van der Waals surface area contributed by atoms with Crippen LogP contribution in [0.3, 0.4) is 0 Å². The topological polar surface area (TPSA) is 59.7 Å². The van der Waals surface area contributed by atoms with Gasteiger partial charge < -0.3 is 9.47 Å². The van der Waals surface area contributed by atoms with E-state index >= 15 is 4.39 Å². The first-order chi connectivity index (χ1) is 15.4. The zero-order valence-electron chi connectivity index (χ0n) is 17.8. The minimum absolute atomic E-state index is 0.0633. The van der Waals surface area contributed by atoms with Crippen LogP contribution in [0.1, 0.15) is 18.5 Å². The Balaban J connectivity index is 1.63. The van der Waals surface area contributed by atoms with Crippen LogP contribution in [-0.4, -0.2) is 38.6 Å². The fourth-order valence-corrected chi connectivity index (χ4v) is 3.86. The summed E-state index contributed by atoms with van der Waals surface area (Å²) in [6.45, 7) is 1.71. The second-order valence-electron chi connectivity index (χ2n) is 7.83. The van der Waals surface area contributed by atoms with Crippen molar-refractivity contribution in [2.24, 2.45) is 0 Å². The average molecular weight is 430 g/mol. The van der Waals surface area contributed by atoms with Gasteiger partial charge in [-0.2, -0.15) is 0 Å². The number of anilines is 1. The summed E-state index contributed by atoms with van der Waals surface area (Å²) >= 11 is 0. The van der Waals surface area contributed by atoms with Crippen molar-refractivity contribution >= 4 is 27.9 Å². The standard InChI is InChI=1S/C24H20F2N6/c1-14(21-18(25)11-19-17(22(21)26)8-5-9-27-19)32-13-29-23-24(32)30-20(12-28-23)15-6-4-7-16(10-15)31(2)3/h4-14H,1-3H3. The van der Waals surface area contributed by atoms with E-state index in [1.54, 1.807) is 29.8 Å². The van der Waals surface area contributed by atoms with Crippen molar-refractivity contribution in [1.29, 1.82) is 0 Å². The number of aromatic nitrogens is 5. The molecule has 0 spiro atoms. The number of rotatable bonds is 4. The van der Waals surface area contributed by atoms with E-state index < -0.39 is 17.7 Å². The molecule has 0 fully saturated rings. The molecule has 8 heteroatoms. The van der Waals surface area contributed by atoms with Gasteiger partial charge in [-0.1, -0.05) is 12.1 Å². The highest BCUT2D eigenvalue weighted by molar-refractivity contribution is 5.80. The Morgan fingerprint density at radius 1 is 1.00 bits per heavy atom. The van der Waals surface area contributed by atoms with Gasteiger partial charge in [0.2, 0.25) is 0 Å². The molecule has 0 aliphatic carbocycles. The number of benzene rings is 2. The van der Waals surface area contributed by atoms with Crippen molar-refractivity contribution in [3.63, 3.8) is 0 Å². The van der Waals surface area contributed by atoms with Crippen LogP contribution >= 0.6 is 0 Å². The molecule has 3 aromatic heterocycles. The van der Waals surface area contributed by atoms with Crippen molar-refractivity contribution in [2.45, 2.75) is 13.0 Å². The van der Waals surface area contributed by atoms with Gasteiger partial charge in [-0.15, -0.1) is 0 Å². The Labute approximate surface area is 183 Å². The van der Waals surface area contributed by atoms with Gasteiger partial charge in [-0.05, 0) is 31.2 Å². The second kappa shape index (κ2) is 7.64. The van der Waals surface area contributed by atoms with E-state index in [0.717, 1.165) is 11.3 Å². The van der Waals surface area contributed by atoms with E-state index in [0.29, 0.717) is 17.0 Å². The molecule has 32 heavy (non-hydrogen) atoms. The molecule has 0 saturated heterocycles. The largest absolute Gasteiger partial charge is 0.378 e. The summed E-state index contributed by atoms with van der Waals surface area (Å²) in [5, 5.41) is 0.271. The molecule has 0 aliphatic heterocycles. The highest BCUT2D eigenvalue weighted by Gasteiger charge is 2.23. The molecule has 1 atom stereocenters. The summed E-state index contributed by atoms with van der Waals surface area (Å²) in [7, 11) is 3.93. The van der Waals surface area contributed by atoms with Crippen LogP contribution in [0.25, 0.3) is 33.5 Å². The van der Waals surface area contributed by atoms with Crippen molar-refractivity contribution in [2.75, 3.05) is 19.0 Å². The smallest absolute Gasteiger partial charge is 0.197 e. The summed E-state index contributed by atoms with van der Waals surface area (Å²) in [5.74, 6) is -1.30. The number of hydrogen-bond acceptors (Lipinski definition) is 5. The van der Waals surface area contributed by atoms with Crippen LogP contribution in [0.5, 0.6) is 0 Å². The molecule has 6 nitrogen and oxygen atoms in total. The van der Waals surface area contributed by atoms with Crippen molar-refractivity contribution < 1.29 is 8.78 Å². The van der Waals surface area contributed by atoms with E-state index in [2.05, 4.69) is 15.0 Å². The summed E-state index contributed by atoms with van der Waals surface area (Å²) in [6.07, 6.45) is 4.68. The van der Waals surface area contributed by atoms with Gasteiger partial charge in [-0.25, -0.2) is 23.7 Å². The zero-order chi connectivity index (χ0) is 22.4. The SMILES string of the molecule is CC(c1c(F)cc2ncccc2c1F)n1cnc2ncc(-c3cccc(N(C)C)c3)nc21. The molecule has 0 bridgehead atoms. The van der Waals surface area contributed by atoms with Gasteiger partial charge >= 0.3 is 0 Å². The molecule has 3 heterocycles. The summed E-state index contributed by atoms with van der Waals surface area (Å²) in [5.41, 5.74) is 3.64. The Morgan fingerprint density at radius 2 is 1.84 bits per heavy atom. The van der Waals surface area contributed by atoms with Crippen LogP contribution in [0.2, 0.25) is 0 Å². The van der Waals surface area contributed by atoms with E-state index in [4.69, 9.17) is 4.98 Å². The molecular formula is C24H20F2N6. The Bertz CT molecular complexity index is 1460. The van der Waals surface area contributed by atoms with Gasteiger partial charge in [0.1, 0.15) is 11.6 Å². The molecule has 5 aromatic rings. The molecular weight excluding hydrogens is 410 g/mol. The molecule has 2 aromatic carbocycles. The van der Waals surface area contributed by atoms with E-state index in [-0.39, 0.29) is 16.5 Å². The van der Waals surface area contributed by atoms with E-state index in [1.807, 2.05) is 43.3 Å². The summed E-state index contributed by atoms with van der Waals surface area (Å²) < 4.78 is 31.9. The fraction of sp³-hybridized carbons (Fsp3) is 0.167. The highest BCUT2D eigenvalue weighted by atomic mass is 19.1. The van der Waals surface area contributed by atoms with Crippen LogP contribution < -0.4 is 4.90 Å². The fourth-order valence-electron chi connectivity index (χ4n) is 3.86. The lowest BCUT2D eigenvalue weighted by atomic mass is 10.0. The molecule has 0 saturated carbocycles. The van der Waals surface area contributed by atoms with E-state index in [1.165, 1.54) is 18.6 Å². The molecule has 0 radical (unpaired) electrons. The van der Waals surface area contributed by atoms with Crippen LogP contribution in [-0.2, 0) is 0 Å². The minimum Gasteiger partial charge on any atom is -0.378 e. The lowest BCUT2D eigenvalue weighted by Gasteiger charge is -2.17. The monoisotopic (exact) mass is 430 g/mol. The Morgan fingerprint density at radius 3 is 2.66 bits per heavy atom. The first-order valence-corrected chi connectivity index (χ1v) is 10.1. The van der Waals surface area contributed by atoms with Gasteiger partial charge in [0.15, 0.2) is 11.3 Å². The van der Waals surface area contributed by atoms with Gasteiger partial charge in [0, 0.05) is 48.6 Å². The van der Waals surface area contributed by atoms with Gasteiger partial charge in [-0.3, -0.25) is 4.98 Å². The van der Waals surface area contributed by atoms with Crippen LogP contribution in [0.15, 0.2) is 61.2 Å². The number of nitrogens with zero attached hydrogens (tertiary/aromatic N) is 6. The van der Waals surface area contributed by atoms with E-state index in [9.17, 15) is 4.39 Å². The number of hydrogen-bond donors (Lipinski definition) is 0. The number of imidazole rings is 1. The number of halogens is 2. The predicted molar refractivity (Wildman–Crippen MR) is 121 cm³/mol. The Hall–Kier alpha value is -3.94. The minimum atomic E-state index is -0.692. The number of pyridine rings is 1. The first kappa shape index (κ1) is 20.0. The summed E-state index contributed by atoms with van der Waals surface area (Å²) in [4.78, 5) is 19.5. The highest BCUT2D eigenvalue weighted by Crippen LogP contribution is 2.31.